The lowest BCUT2D eigenvalue weighted by molar-refractivity contribution is -0.113. The molecule has 0 saturated carbocycles. The van der Waals surface area contributed by atoms with Gasteiger partial charge < -0.3 is 14.8 Å². The summed E-state index contributed by atoms with van der Waals surface area (Å²) < 4.78 is 10.7. The molecule has 0 saturated heterocycles. The number of ether oxygens (including phenoxy) is 2. The van der Waals surface area contributed by atoms with Crippen molar-refractivity contribution >= 4 is 45.8 Å². The first-order valence-electron chi connectivity index (χ1n) is 10.4. The summed E-state index contributed by atoms with van der Waals surface area (Å²) in [5.74, 6) is 1.48. The summed E-state index contributed by atoms with van der Waals surface area (Å²) in [5, 5.41) is 16.8. The fraction of sp³-hybridized carbons (Fsp3) is 0.304. The summed E-state index contributed by atoms with van der Waals surface area (Å²) in [6.07, 6.45) is -0.411. The van der Waals surface area contributed by atoms with Gasteiger partial charge in [-0.1, -0.05) is 30.0 Å². The van der Waals surface area contributed by atoms with Crippen LogP contribution in [0.3, 0.4) is 0 Å². The summed E-state index contributed by atoms with van der Waals surface area (Å²) in [6.45, 7) is 3.84. The molecule has 2 heterocycles. The molecule has 172 valence electrons. The monoisotopic (exact) mass is 466 g/mol. The molecule has 0 spiro atoms. The number of nitrogens with one attached hydrogen (secondary N) is 3. The molecule has 2 aromatic rings. The van der Waals surface area contributed by atoms with Crippen LogP contribution in [-0.2, 0) is 4.79 Å². The molecule has 0 radical (unpaired) electrons. The molecule has 0 fully saturated rings. The van der Waals surface area contributed by atoms with Crippen LogP contribution in [0.25, 0.3) is 0 Å². The zero-order valence-corrected chi connectivity index (χ0v) is 19.7. The molecular weight excluding hydrogens is 440 g/mol. The van der Waals surface area contributed by atoms with Crippen molar-refractivity contribution in [1.29, 1.82) is 5.41 Å². The van der Waals surface area contributed by atoms with Crippen LogP contribution in [0.2, 0.25) is 0 Å². The van der Waals surface area contributed by atoms with E-state index in [9.17, 15) is 4.79 Å². The van der Waals surface area contributed by atoms with E-state index in [4.69, 9.17) is 19.9 Å². The number of fused-ring (bicyclic) bond motifs is 1. The Morgan fingerprint density at radius 1 is 1.24 bits per heavy atom. The van der Waals surface area contributed by atoms with E-state index in [-0.39, 0.29) is 11.7 Å². The predicted molar refractivity (Wildman–Crippen MR) is 133 cm³/mol. The second-order valence-corrected chi connectivity index (χ2v) is 8.71. The number of rotatable bonds is 6. The van der Waals surface area contributed by atoms with E-state index in [1.54, 1.807) is 31.3 Å². The van der Waals surface area contributed by atoms with Gasteiger partial charge in [-0.25, -0.2) is 4.99 Å². The van der Waals surface area contributed by atoms with Crippen molar-refractivity contribution in [3.63, 3.8) is 0 Å². The number of carbonyl (C=O) groups is 1. The van der Waals surface area contributed by atoms with Crippen LogP contribution in [0.4, 0.5) is 11.4 Å². The number of hydrogen-bond donors (Lipinski definition) is 3. The zero-order valence-electron chi connectivity index (χ0n) is 18.9. The highest BCUT2D eigenvalue weighted by Crippen LogP contribution is 2.39. The van der Waals surface area contributed by atoms with Crippen LogP contribution in [0.15, 0.2) is 58.6 Å². The second kappa shape index (κ2) is 9.14. The van der Waals surface area contributed by atoms with Crippen molar-refractivity contribution in [2.45, 2.75) is 20.0 Å². The number of amides is 1. The summed E-state index contributed by atoms with van der Waals surface area (Å²) in [4.78, 5) is 19.3. The highest BCUT2D eigenvalue weighted by Gasteiger charge is 2.51. The molecule has 33 heavy (non-hydrogen) atoms. The van der Waals surface area contributed by atoms with Crippen molar-refractivity contribution in [2.24, 2.45) is 15.5 Å². The van der Waals surface area contributed by atoms with Crippen LogP contribution >= 0.6 is 11.8 Å². The van der Waals surface area contributed by atoms with Crippen LogP contribution in [0, 0.1) is 10.8 Å². The Bertz CT molecular complexity index is 1150. The van der Waals surface area contributed by atoms with Gasteiger partial charge in [-0.05, 0) is 38.1 Å². The quantitative estimate of drug-likeness (QED) is 0.601. The molecule has 2 unspecified atom stereocenters. The number of thioether (sulfide) groups is 1. The average Bonchev–Trinajstić information content (AvgIpc) is 3.13. The number of nitrogens with zero attached hydrogens (tertiary/aromatic N) is 3. The lowest BCUT2D eigenvalue weighted by atomic mass is 9.80. The van der Waals surface area contributed by atoms with Crippen LogP contribution < -0.4 is 25.1 Å². The molecule has 10 heteroatoms. The van der Waals surface area contributed by atoms with E-state index >= 15 is 0 Å². The summed E-state index contributed by atoms with van der Waals surface area (Å²) in [7, 11) is 3.16. The highest BCUT2D eigenvalue weighted by atomic mass is 32.2. The van der Waals surface area contributed by atoms with Crippen molar-refractivity contribution in [2.75, 3.05) is 30.2 Å². The van der Waals surface area contributed by atoms with Crippen molar-refractivity contribution in [3.05, 3.63) is 48.5 Å². The first-order chi connectivity index (χ1) is 15.9. The number of hydrazone groups is 1. The lowest BCUT2D eigenvalue weighted by Crippen LogP contribution is -2.57. The molecule has 3 N–H and O–H groups in total. The maximum atomic E-state index is 12.7. The third-order valence-corrected chi connectivity index (χ3v) is 6.78. The zero-order chi connectivity index (χ0) is 23.6. The normalized spacial score (nSPS) is 21.5. The Hall–Kier alpha value is -3.53. The van der Waals surface area contributed by atoms with Crippen molar-refractivity contribution < 1.29 is 14.3 Å². The first kappa shape index (κ1) is 22.7. The summed E-state index contributed by atoms with van der Waals surface area (Å²) in [6, 6.07) is 14.7. The van der Waals surface area contributed by atoms with Crippen LogP contribution in [0.1, 0.15) is 13.8 Å². The standard InChI is InChI=1S/C23H26N6O3S/c1-14-23(2)20(24)29(15-8-7-9-16(12-15)31-3)22(26-21(23)28-27-14)33-13-19(30)25-17-10-5-6-11-18(17)32-4/h5-12,21,24,28H,13H2,1-4H3,(H,25,30). The van der Waals surface area contributed by atoms with Crippen LogP contribution in [0.5, 0.6) is 11.5 Å². The minimum atomic E-state index is -0.702. The van der Waals surface area contributed by atoms with Crippen molar-refractivity contribution in [1.82, 2.24) is 5.43 Å². The number of benzene rings is 2. The number of para-hydroxylation sites is 2. The van der Waals surface area contributed by atoms with Gasteiger partial charge in [-0.2, -0.15) is 5.10 Å². The van der Waals surface area contributed by atoms with E-state index in [1.807, 2.05) is 50.2 Å². The predicted octanol–water partition coefficient (Wildman–Crippen LogP) is 3.54. The van der Waals surface area contributed by atoms with E-state index in [0.717, 1.165) is 11.4 Å². The van der Waals surface area contributed by atoms with Gasteiger partial charge in [0.15, 0.2) is 11.3 Å². The van der Waals surface area contributed by atoms with E-state index in [0.29, 0.717) is 28.2 Å². The maximum absolute atomic E-state index is 12.7. The number of carbonyl (C=O) groups excluding carboxylic acids is 1. The number of aliphatic imine (C=N–C) groups is 1. The fourth-order valence-corrected chi connectivity index (χ4v) is 4.55. The Balaban J connectivity index is 1.60. The van der Waals surface area contributed by atoms with Gasteiger partial charge in [0.05, 0.1) is 37.1 Å². The molecule has 0 aromatic heterocycles. The van der Waals surface area contributed by atoms with Gasteiger partial charge in [0, 0.05) is 6.07 Å². The Kier molecular flexibility index (Phi) is 6.28. The molecule has 1 amide bonds. The van der Waals surface area contributed by atoms with Crippen molar-refractivity contribution in [3.8, 4) is 11.5 Å². The van der Waals surface area contributed by atoms with Gasteiger partial charge in [-0.3, -0.25) is 20.5 Å². The molecular formula is C23H26N6O3S. The average molecular weight is 467 g/mol. The van der Waals surface area contributed by atoms with Gasteiger partial charge in [0.1, 0.15) is 22.7 Å². The second-order valence-electron chi connectivity index (χ2n) is 7.77. The van der Waals surface area contributed by atoms with Gasteiger partial charge in [-0.15, -0.1) is 0 Å². The molecule has 2 aliphatic rings. The Morgan fingerprint density at radius 3 is 2.79 bits per heavy atom. The van der Waals surface area contributed by atoms with Gasteiger partial charge >= 0.3 is 0 Å². The largest absolute Gasteiger partial charge is 0.497 e. The minimum absolute atomic E-state index is 0.105. The summed E-state index contributed by atoms with van der Waals surface area (Å²) in [5.41, 5.74) is 4.44. The summed E-state index contributed by atoms with van der Waals surface area (Å²) >= 11 is 1.26. The number of anilines is 2. The highest BCUT2D eigenvalue weighted by molar-refractivity contribution is 8.14. The van der Waals surface area contributed by atoms with Gasteiger partial charge in [0.25, 0.3) is 0 Å². The number of amidine groups is 2. The molecule has 4 rings (SSSR count). The Morgan fingerprint density at radius 2 is 2.03 bits per heavy atom. The van der Waals surface area contributed by atoms with E-state index in [2.05, 4.69) is 15.8 Å². The number of methoxy groups -OCH3 is 2. The van der Waals surface area contributed by atoms with E-state index < -0.39 is 11.6 Å². The minimum Gasteiger partial charge on any atom is -0.497 e. The van der Waals surface area contributed by atoms with Crippen LogP contribution in [-0.4, -0.2) is 48.8 Å². The smallest absolute Gasteiger partial charge is 0.234 e. The lowest BCUT2D eigenvalue weighted by Gasteiger charge is -2.41. The van der Waals surface area contributed by atoms with Gasteiger partial charge in [0.2, 0.25) is 5.91 Å². The van der Waals surface area contributed by atoms with E-state index in [1.165, 1.54) is 11.8 Å². The molecule has 0 aliphatic carbocycles. The molecule has 0 bridgehead atoms. The molecule has 2 atom stereocenters. The first-order valence-corrected chi connectivity index (χ1v) is 11.3. The maximum Gasteiger partial charge on any atom is 0.234 e. The molecule has 2 aromatic carbocycles. The fourth-order valence-electron chi connectivity index (χ4n) is 3.71. The molecule has 9 nitrogen and oxygen atoms in total. The molecule has 2 aliphatic heterocycles. The topological polar surface area (TPSA) is 111 Å². The SMILES string of the molecule is COc1cccc(N2C(=N)C3(C)C(C)=NNC3N=C2SCC(=O)Nc2ccccc2OC)c1. The Labute approximate surface area is 196 Å². The third-order valence-electron chi connectivity index (χ3n) is 5.82. The third kappa shape index (κ3) is 4.13. The number of hydrogen-bond acceptors (Lipinski definition) is 8.